The molecule has 0 aliphatic rings. The molecule has 6 nitrogen and oxygen atoms in total. The SMILES string of the molecule is CC(C)(C)CNC(=O)[C@H](CCC(=O)O)NC(=O)c1ccc(-c2ccccc2)cc1. The Bertz CT molecular complexity index is 839. The fourth-order valence-corrected chi connectivity index (χ4v) is 2.70. The number of carboxylic acid groups (broad SMARTS) is 1. The summed E-state index contributed by atoms with van der Waals surface area (Å²) in [5.41, 5.74) is 2.31. The molecule has 1 atom stereocenters. The van der Waals surface area contributed by atoms with Gasteiger partial charge in [0.15, 0.2) is 0 Å². The van der Waals surface area contributed by atoms with E-state index in [0.717, 1.165) is 11.1 Å². The molecule has 0 fully saturated rings. The van der Waals surface area contributed by atoms with Crippen LogP contribution in [0.25, 0.3) is 11.1 Å². The summed E-state index contributed by atoms with van der Waals surface area (Å²) < 4.78 is 0. The molecule has 0 aliphatic heterocycles. The molecule has 0 saturated heterocycles. The molecule has 2 aromatic carbocycles. The topological polar surface area (TPSA) is 95.5 Å². The summed E-state index contributed by atoms with van der Waals surface area (Å²) >= 11 is 0. The molecule has 2 aromatic rings. The van der Waals surface area contributed by atoms with E-state index < -0.39 is 17.9 Å². The van der Waals surface area contributed by atoms with E-state index in [-0.39, 0.29) is 24.2 Å². The minimum absolute atomic E-state index is 0.0269. The third-order valence-corrected chi connectivity index (χ3v) is 4.32. The van der Waals surface area contributed by atoms with E-state index in [0.29, 0.717) is 12.1 Å². The molecule has 0 spiro atoms. The predicted octanol–water partition coefficient (Wildman–Crippen LogP) is 3.48. The first-order valence-corrected chi connectivity index (χ1v) is 9.61. The maximum atomic E-state index is 12.6. The van der Waals surface area contributed by atoms with Crippen molar-refractivity contribution in [2.75, 3.05) is 6.54 Å². The molecule has 2 rings (SSSR count). The van der Waals surface area contributed by atoms with Gasteiger partial charge in [0.05, 0.1) is 0 Å². The van der Waals surface area contributed by atoms with E-state index >= 15 is 0 Å². The average Bonchev–Trinajstić information content (AvgIpc) is 2.69. The number of carbonyl (C=O) groups is 3. The van der Waals surface area contributed by atoms with Crippen molar-refractivity contribution in [1.82, 2.24) is 10.6 Å². The quantitative estimate of drug-likeness (QED) is 0.637. The predicted molar refractivity (Wildman–Crippen MR) is 112 cm³/mol. The van der Waals surface area contributed by atoms with Crippen LogP contribution in [0.1, 0.15) is 44.0 Å². The number of aliphatic carboxylic acids is 1. The second-order valence-electron chi connectivity index (χ2n) is 8.18. The van der Waals surface area contributed by atoms with Crippen molar-refractivity contribution < 1.29 is 19.5 Å². The van der Waals surface area contributed by atoms with Crippen molar-refractivity contribution >= 4 is 17.8 Å². The first kappa shape index (κ1) is 22.1. The van der Waals surface area contributed by atoms with Gasteiger partial charge < -0.3 is 15.7 Å². The number of benzene rings is 2. The number of carboxylic acids is 1. The highest BCUT2D eigenvalue weighted by Gasteiger charge is 2.23. The van der Waals surface area contributed by atoms with Crippen LogP contribution in [0.4, 0.5) is 0 Å². The van der Waals surface area contributed by atoms with Gasteiger partial charge in [0.25, 0.3) is 5.91 Å². The molecular weight excluding hydrogens is 368 g/mol. The fourth-order valence-electron chi connectivity index (χ4n) is 2.70. The first-order valence-electron chi connectivity index (χ1n) is 9.61. The number of amides is 2. The number of hydrogen-bond acceptors (Lipinski definition) is 3. The van der Waals surface area contributed by atoms with E-state index in [2.05, 4.69) is 10.6 Å². The van der Waals surface area contributed by atoms with Gasteiger partial charge in [-0.25, -0.2) is 0 Å². The molecule has 2 amide bonds. The molecule has 0 heterocycles. The van der Waals surface area contributed by atoms with Gasteiger partial charge in [0, 0.05) is 18.5 Å². The second-order valence-corrected chi connectivity index (χ2v) is 8.18. The van der Waals surface area contributed by atoms with Crippen LogP contribution in [0.5, 0.6) is 0 Å². The lowest BCUT2D eigenvalue weighted by atomic mass is 9.96. The largest absolute Gasteiger partial charge is 0.481 e. The number of hydrogen-bond donors (Lipinski definition) is 3. The summed E-state index contributed by atoms with van der Waals surface area (Å²) in [4.78, 5) is 36.0. The smallest absolute Gasteiger partial charge is 0.303 e. The van der Waals surface area contributed by atoms with E-state index in [9.17, 15) is 14.4 Å². The van der Waals surface area contributed by atoms with Crippen LogP contribution in [0.15, 0.2) is 54.6 Å². The minimum Gasteiger partial charge on any atom is -0.481 e. The van der Waals surface area contributed by atoms with Crippen molar-refractivity contribution in [3.8, 4) is 11.1 Å². The summed E-state index contributed by atoms with van der Waals surface area (Å²) in [6.07, 6.45) is -0.181. The van der Waals surface area contributed by atoms with Gasteiger partial charge in [-0.05, 0) is 35.1 Å². The lowest BCUT2D eigenvalue weighted by Crippen LogP contribution is -2.48. The van der Waals surface area contributed by atoms with Gasteiger partial charge in [-0.2, -0.15) is 0 Å². The lowest BCUT2D eigenvalue weighted by molar-refractivity contribution is -0.137. The molecule has 6 heteroatoms. The minimum atomic E-state index is -1.01. The van der Waals surface area contributed by atoms with Crippen LogP contribution in [-0.4, -0.2) is 35.5 Å². The normalized spacial score (nSPS) is 12.1. The molecule has 3 N–H and O–H groups in total. The summed E-state index contributed by atoms with van der Waals surface area (Å²) in [5, 5.41) is 14.4. The van der Waals surface area contributed by atoms with E-state index in [1.54, 1.807) is 12.1 Å². The van der Waals surface area contributed by atoms with Crippen LogP contribution in [0.2, 0.25) is 0 Å². The van der Waals surface area contributed by atoms with Gasteiger partial charge in [-0.1, -0.05) is 63.2 Å². The molecule has 0 aliphatic carbocycles. The summed E-state index contributed by atoms with van der Waals surface area (Å²) in [6, 6.07) is 16.0. The van der Waals surface area contributed by atoms with Crippen molar-refractivity contribution in [3.63, 3.8) is 0 Å². The zero-order valence-corrected chi connectivity index (χ0v) is 17.1. The average molecular weight is 396 g/mol. The summed E-state index contributed by atoms with van der Waals surface area (Å²) in [5.74, 6) is -1.80. The highest BCUT2D eigenvalue weighted by molar-refractivity contribution is 5.98. The highest BCUT2D eigenvalue weighted by Crippen LogP contribution is 2.19. The Balaban J connectivity index is 2.07. The van der Waals surface area contributed by atoms with Gasteiger partial charge >= 0.3 is 5.97 Å². The third-order valence-electron chi connectivity index (χ3n) is 4.32. The molecule has 154 valence electrons. The Labute approximate surface area is 171 Å². The third kappa shape index (κ3) is 7.41. The lowest BCUT2D eigenvalue weighted by Gasteiger charge is -2.22. The molecule has 0 radical (unpaired) electrons. The molecule has 0 saturated carbocycles. The van der Waals surface area contributed by atoms with Crippen LogP contribution in [0, 0.1) is 5.41 Å². The monoisotopic (exact) mass is 396 g/mol. The van der Waals surface area contributed by atoms with Gasteiger partial charge in [0.1, 0.15) is 6.04 Å². The molecule has 0 aromatic heterocycles. The zero-order chi connectivity index (χ0) is 21.4. The fraction of sp³-hybridized carbons (Fsp3) is 0.348. The van der Waals surface area contributed by atoms with Crippen molar-refractivity contribution in [1.29, 1.82) is 0 Å². The van der Waals surface area contributed by atoms with Crippen LogP contribution in [-0.2, 0) is 9.59 Å². The maximum Gasteiger partial charge on any atom is 0.303 e. The summed E-state index contributed by atoms with van der Waals surface area (Å²) in [7, 11) is 0. The van der Waals surface area contributed by atoms with Crippen LogP contribution >= 0.6 is 0 Å². The molecule has 0 bridgehead atoms. The van der Waals surface area contributed by atoms with Crippen LogP contribution < -0.4 is 10.6 Å². The van der Waals surface area contributed by atoms with Gasteiger partial charge in [-0.15, -0.1) is 0 Å². The molecule has 29 heavy (non-hydrogen) atoms. The Morgan fingerprint density at radius 3 is 2.07 bits per heavy atom. The van der Waals surface area contributed by atoms with Gasteiger partial charge in [-0.3, -0.25) is 14.4 Å². The maximum absolute atomic E-state index is 12.6. The first-order chi connectivity index (χ1) is 13.7. The van der Waals surface area contributed by atoms with E-state index in [1.165, 1.54) is 0 Å². The summed E-state index contributed by atoms with van der Waals surface area (Å²) in [6.45, 7) is 6.36. The van der Waals surface area contributed by atoms with Crippen molar-refractivity contribution in [3.05, 3.63) is 60.2 Å². The number of carbonyl (C=O) groups excluding carboxylic acids is 2. The van der Waals surface area contributed by atoms with Crippen molar-refractivity contribution in [2.45, 2.75) is 39.7 Å². The standard InChI is InChI=1S/C23H28N2O4/c1-23(2,3)15-24-22(29)19(13-14-20(26)27)25-21(28)18-11-9-17(10-12-18)16-7-5-4-6-8-16/h4-12,19H,13-15H2,1-3H3,(H,24,29)(H,25,28)(H,26,27)/t19-/m0/s1. The van der Waals surface area contributed by atoms with Gasteiger partial charge in [0.2, 0.25) is 5.91 Å². The Hall–Kier alpha value is -3.15. The highest BCUT2D eigenvalue weighted by atomic mass is 16.4. The Morgan fingerprint density at radius 1 is 0.931 bits per heavy atom. The van der Waals surface area contributed by atoms with E-state index in [4.69, 9.17) is 5.11 Å². The number of nitrogens with one attached hydrogen (secondary N) is 2. The molecule has 0 unspecified atom stereocenters. The Kier molecular flexibility index (Phi) is 7.53. The molecular formula is C23H28N2O4. The second kappa shape index (κ2) is 9.87. The Morgan fingerprint density at radius 2 is 1.52 bits per heavy atom. The zero-order valence-electron chi connectivity index (χ0n) is 17.1. The number of rotatable bonds is 8. The van der Waals surface area contributed by atoms with Crippen molar-refractivity contribution in [2.24, 2.45) is 5.41 Å². The van der Waals surface area contributed by atoms with E-state index in [1.807, 2.05) is 63.2 Å². The van der Waals surface area contributed by atoms with Crippen LogP contribution in [0.3, 0.4) is 0 Å².